The number of rotatable bonds is 5. The molecule has 0 heterocycles. The average Bonchev–Trinajstić information content (AvgIpc) is 2.41. The SMILES string of the molecule is CC(C)(C)OC(=O)NCC(=O)OC/C=C/c1ccccc1. The molecule has 0 saturated carbocycles. The first-order valence-corrected chi connectivity index (χ1v) is 6.71. The number of nitrogens with one attached hydrogen (secondary N) is 1. The zero-order valence-electron chi connectivity index (χ0n) is 12.6. The van der Waals surface area contributed by atoms with Gasteiger partial charge in [-0.05, 0) is 32.4 Å². The van der Waals surface area contributed by atoms with Gasteiger partial charge in [0.2, 0.25) is 0 Å². The summed E-state index contributed by atoms with van der Waals surface area (Å²) in [5, 5.41) is 2.34. The number of carbonyl (C=O) groups is 2. The van der Waals surface area contributed by atoms with Gasteiger partial charge in [-0.2, -0.15) is 0 Å². The minimum Gasteiger partial charge on any atom is -0.460 e. The van der Waals surface area contributed by atoms with Crippen molar-refractivity contribution >= 4 is 18.1 Å². The summed E-state index contributed by atoms with van der Waals surface area (Å²) in [6.07, 6.45) is 2.95. The van der Waals surface area contributed by atoms with Gasteiger partial charge in [-0.25, -0.2) is 4.79 Å². The molecule has 114 valence electrons. The van der Waals surface area contributed by atoms with Crippen LogP contribution in [0.1, 0.15) is 26.3 Å². The van der Waals surface area contributed by atoms with Crippen molar-refractivity contribution in [2.24, 2.45) is 0 Å². The van der Waals surface area contributed by atoms with Crippen LogP contribution in [-0.4, -0.2) is 30.8 Å². The lowest BCUT2D eigenvalue weighted by molar-refractivity contribution is -0.141. The molecular formula is C16H21NO4. The van der Waals surface area contributed by atoms with Crippen LogP contribution in [0.25, 0.3) is 6.08 Å². The molecule has 1 N–H and O–H groups in total. The van der Waals surface area contributed by atoms with Gasteiger partial charge in [0.1, 0.15) is 18.8 Å². The summed E-state index contributed by atoms with van der Waals surface area (Å²) >= 11 is 0. The van der Waals surface area contributed by atoms with Crippen molar-refractivity contribution in [3.8, 4) is 0 Å². The van der Waals surface area contributed by atoms with E-state index in [0.29, 0.717) is 0 Å². The van der Waals surface area contributed by atoms with Gasteiger partial charge in [-0.1, -0.05) is 36.4 Å². The van der Waals surface area contributed by atoms with Gasteiger partial charge < -0.3 is 14.8 Å². The zero-order valence-corrected chi connectivity index (χ0v) is 12.6. The van der Waals surface area contributed by atoms with Crippen molar-refractivity contribution in [2.45, 2.75) is 26.4 Å². The second kappa shape index (κ2) is 8.09. The first kappa shape index (κ1) is 16.8. The maximum Gasteiger partial charge on any atom is 0.408 e. The molecule has 0 aliphatic carbocycles. The summed E-state index contributed by atoms with van der Waals surface area (Å²) in [5.74, 6) is -0.515. The van der Waals surface area contributed by atoms with E-state index in [4.69, 9.17) is 9.47 Å². The van der Waals surface area contributed by atoms with Gasteiger partial charge >= 0.3 is 12.1 Å². The fourth-order valence-electron chi connectivity index (χ4n) is 1.40. The largest absolute Gasteiger partial charge is 0.460 e. The molecule has 5 heteroatoms. The van der Waals surface area contributed by atoms with Gasteiger partial charge in [0, 0.05) is 0 Å². The van der Waals surface area contributed by atoms with Gasteiger partial charge in [0.25, 0.3) is 0 Å². The van der Waals surface area contributed by atoms with Crippen LogP contribution in [0.15, 0.2) is 36.4 Å². The molecule has 0 aliphatic rings. The van der Waals surface area contributed by atoms with Crippen molar-refractivity contribution in [3.63, 3.8) is 0 Å². The Morgan fingerprint density at radius 3 is 2.48 bits per heavy atom. The van der Waals surface area contributed by atoms with Gasteiger partial charge in [0.05, 0.1) is 0 Å². The fraction of sp³-hybridized carbons (Fsp3) is 0.375. The quantitative estimate of drug-likeness (QED) is 0.847. The van der Waals surface area contributed by atoms with E-state index in [9.17, 15) is 9.59 Å². The third kappa shape index (κ3) is 8.47. The van der Waals surface area contributed by atoms with Crippen LogP contribution in [0.2, 0.25) is 0 Å². The maximum absolute atomic E-state index is 11.4. The molecule has 21 heavy (non-hydrogen) atoms. The lowest BCUT2D eigenvalue weighted by Gasteiger charge is -2.19. The molecule has 0 fully saturated rings. The number of hydrogen-bond donors (Lipinski definition) is 1. The van der Waals surface area contributed by atoms with E-state index in [-0.39, 0.29) is 13.2 Å². The Balaban J connectivity index is 2.20. The molecule has 0 aromatic heterocycles. The topological polar surface area (TPSA) is 64.6 Å². The zero-order chi connectivity index (χ0) is 15.7. The fourth-order valence-corrected chi connectivity index (χ4v) is 1.40. The van der Waals surface area contributed by atoms with Crippen molar-refractivity contribution in [1.82, 2.24) is 5.32 Å². The molecule has 1 rings (SSSR count). The Labute approximate surface area is 124 Å². The Bertz CT molecular complexity index is 489. The predicted molar refractivity (Wildman–Crippen MR) is 80.7 cm³/mol. The Morgan fingerprint density at radius 1 is 1.19 bits per heavy atom. The summed E-state index contributed by atoms with van der Waals surface area (Å²) in [6, 6.07) is 9.68. The predicted octanol–water partition coefficient (Wildman–Crippen LogP) is 2.77. The highest BCUT2D eigenvalue weighted by molar-refractivity contribution is 5.78. The van der Waals surface area contributed by atoms with E-state index in [2.05, 4.69) is 5.32 Å². The van der Waals surface area contributed by atoms with Gasteiger partial charge in [-0.3, -0.25) is 4.79 Å². The molecule has 0 radical (unpaired) electrons. The normalized spacial score (nSPS) is 11.2. The van der Waals surface area contributed by atoms with E-state index < -0.39 is 17.7 Å². The highest BCUT2D eigenvalue weighted by Crippen LogP contribution is 2.06. The monoisotopic (exact) mass is 291 g/mol. The van der Waals surface area contributed by atoms with Crippen molar-refractivity contribution in [1.29, 1.82) is 0 Å². The standard InChI is InChI=1S/C16H21NO4/c1-16(2,3)21-15(19)17-12-14(18)20-11-7-10-13-8-5-4-6-9-13/h4-10H,11-12H2,1-3H3,(H,17,19)/b10-7+. The van der Waals surface area contributed by atoms with Crippen LogP contribution in [0.5, 0.6) is 0 Å². The summed E-state index contributed by atoms with van der Waals surface area (Å²) in [5.41, 5.74) is 0.437. The Hall–Kier alpha value is -2.30. The molecule has 1 aromatic rings. The third-order valence-corrected chi connectivity index (χ3v) is 2.23. The van der Waals surface area contributed by atoms with Crippen molar-refractivity contribution in [3.05, 3.63) is 42.0 Å². The number of alkyl carbamates (subject to hydrolysis) is 1. The number of carbonyl (C=O) groups excluding carboxylic acids is 2. The Kier molecular flexibility index (Phi) is 6.46. The highest BCUT2D eigenvalue weighted by atomic mass is 16.6. The van der Waals surface area contributed by atoms with Crippen molar-refractivity contribution < 1.29 is 19.1 Å². The molecule has 0 aliphatic heterocycles. The minimum absolute atomic E-state index is 0.156. The van der Waals surface area contributed by atoms with Crippen LogP contribution < -0.4 is 5.32 Å². The number of amides is 1. The number of benzene rings is 1. The van der Waals surface area contributed by atoms with E-state index >= 15 is 0 Å². The van der Waals surface area contributed by atoms with E-state index in [1.165, 1.54) is 0 Å². The number of esters is 1. The first-order chi connectivity index (χ1) is 9.87. The highest BCUT2D eigenvalue weighted by Gasteiger charge is 2.16. The lowest BCUT2D eigenvalue weighted by Crippen LogP contribution is -2.36. The molecule has 1 amide bonds. The lowest BCUT2D eigenvalue weighted by atomic mass is 10.2. The minimum atomic E-state index is -0.640. The van der Waals surface area contributed by atoms with Crippen LogP contribution in [-0.2, 0) is 14.3 Å². The van der Waals surface area contributed by atoms with Gasteiger partial charge in [-0.15, -0.1) is 0 Å². The first-order valence-electron chi connectivity index (χ1n) is 6.71. The number of ether oxygens (including phenoxy) is 2. The van der Waals surface area contributed by atoms with E-state index in [1.807, 2.05) is 36.4 Å². The smallest absolute Gasteiger partial charge is 0.408 e. The molecule has 0 spiro atoms. The van der Waals surface area contributed by atoms with Crippen LogP contribution in [0, 0.1) is 0 Å². The third-order valence-electron chi connectivity index (χ3n) is 2.23. The summed E-state index contributed by atoms with van der Waals surface area (Å²) in [6.45, 7) is 5.19. The molecule has 5 nitrogen and oxygen atoms in total. The summed E-state index contributed by atoms with van der Waals surface area (Å²) in [4.78, 5) is 22.7. The summed E-state index contributed by atoms with van der Waals surface area (Å²) < 4.78 is 9.95. The molecule has 0 bridgehead atoms. The molecule has 0 saturated heterocycles. The second-order valence-corrected chi connectivity index (χ2v) is 5.35. The van der Waals surface area contributed by atoms with E-state index in [0.717, 1.165) is 5.56 Å². The maximum atomic E-state index is 11.4. The second-order valence-electron chi connectivity index (χ2n) is 5.35. The van der Waals surface area contributed by atoms with Crippen molar-refractivity contribution in [2.75, 3.05) is 13.2 Å². The van der Waals surface area contributed by atoms with Crippen LogP contribution >= 0.6 is 0 Å². The molecular weight excluding hydrogens is 270 g/mol. The average molecular weight is 291 g/mol. The molecule has 0 atom stereocenters. The van der Waals surface area contributed by atoms with Crippen LogP contribution in [0.3, 0.4) is 0 Å². The Morgan fingerprint density at radius 2 is 1.86 bits per heavy atom. The molecule has 1 aromatic carbocycles. The van der Waals surface area contributed by atoms with Gasteiger partial charge in [0.15, 0.2) is 0 Å². The summed E-state index contributed by atoms with van der Waals surface area (Å²) in [7, 11) is 0. The number of hydrogen-bond acceptors (Lipinski definition) is 4. The molecule has 0 unspecified atom stereocenters. The van der Waals surface area contributed by atoms with E-state index in [1.54, 1.807) is 26.8 Å². The van der Waals surface area contributed by atoms with Crippen LogP contribution in [0.4, 0.5) is 4.79 Å².